The Morgan fingerprint density at radius 3 is 2.75 bits per heavy atom. The van der Waals surface area contributed by atoms with E-state index in [-0.39, 0.29) is 12.3 Å². The summed E-state index contributed by atoms with van der Waals surface area (Å²) in [6.45, 7) is 3.34. The van der Waals surface area contributed by atoms with Crippen molar-refractivity contribution in [2.75, 3.05) is 12.0 Å². The van der Waals surface area contributed by atoms with Crippen LogP contribution in [0.3, 0.4) is 0 Å². The molecule has 0 bridgehead atoms. The van der Waals surface area contributed by atoms with Crippen molar-refractivity contribution < 1.29 is 14.3 Å². The second-order valence-electron chi connectivity index (χ2n) is 5.02. The molecule has 20 heavy (non-hydrogen) atoms. The summed E-state index contributed by atoms with van der Waals surface area (Å²) in [4.78, 5) is 25.6. The fraction of sp³-hybridized carbons (Fsp3) is 0.400. The first-order valence-corrected chi connectivity index (χ1v) is 6.32. The van der Waals surface area contributed by atoms with Gasteiger partial charge in [-0.05, 0) is 18.6 Å². The normalized spacial score (nSPS) is 20.2. The Morgan fingerprint density at radius 2 is 2.20 bits per heavy atom. The molecule has 1 heterocycles. The van der Waals surface area contributed by atoms with E-state index in [1.165, 1.54) is 18.9 Å². The highest BCUT2D eigenvalue weighted by atomic mass is 16.5. The molecule has 5 heteroatoms. The van der Waals surface area contributed by atoms with E-state index in [4.69, 9.17) is 10.00 Å². The Hall–Kier alpha value is -2.35. The minimum Gasteiger partial charge on any atom is -0.467 e. The smallest absolute Gasteiger partial charge is 0.333 e. The van der Waals surface area contributed by atoms with Crippen molar-refractivity contribution in [3.05, 3.63) is 29.3 Å². The lowest BCUT2D eigenvalue weighted by Crippen LogP contribution is -2.55. The van der Waals surface area contributed by atoms with E-state index in [0.717, 1.165) is 11.1 Å². The van der Waals surface area contributed by atoms with Gasteiger partial charge in [0.15, 0.2) is 5.54 Å². The summed E-state index contributed by atoms with van der Waals surface area (Å²) in [6.07, 6.45) is 0.219. The molecule has 0 spiro atoms. The fourth-order valence-corrected chi connectivity index (χ4v) is 2.87. The van der Waals surface area contributed by atoms with Gasteiger partial charge in [0.25, 0.3) is 0 Å². The van der Waals surface area contributed by atoms with E-state index in [1.54, 1.807) is 0 Å². The van der Waals surface area contributed by atoms with Crippen molar-refractivity contribution in [2.24, 2.45) is 0 Å². The second kappa shape index (κ2) is 4.97. The molecule has 1 aromatic rings. The van der Waals surface area contributed by atoms with E-state index in [9.17, 15) is 9.59 Å². The molecule has 5 nitrogen and oxygen atoms in total. The minimum absolute atomic E-state index is 0.0903. The summed E-state index contributed by atoms with van der Waals surface area (Å²) in [5.41, 5.74) is 1.38. The van der Waals surface area contributed by atoms with Crippen LogP contribution in [-0.4, -0.2) is 24.5 Å². The van der Waals surface area contributed by atoms with Crippen LogP contribution >= 0.6 is 0 Å². The van der Waals surface area contributed by atoms with Gasteiger partial charge in [0.05, 0.1) is 19.6 Å². The number of carbonyl (C=O) groups is 2. The molecule has 1 aliphatic heterocycles. The van der Waals surface area contributed by atoms with Crippen molar-refractivity contribution in [1.29, 1.82) is 5.26 Å². The number of amides is 1. The molecule has 0 fully saturated rings. The van der Waals surface area contributed by atoms with E-state index in [1.807, 2.05) is 31.2 Å². The van der Waals surface area contributed by atoms with Gasteiger partial charge in [-0.3, -0.25) is 9.69 Å². The van der Waals surface area contributed by atoms with E-state index in [0.29, 0.717) is 12.1 Å². The Balaban J connectivity index is 2.63. The summed E-state index contributed by atoms with van der Waals surface area (Å²) in [7, 11) is 1.27. The van der Waals surface area contributed by atoms with Gasteiger partial charge in [0, 0.05) is 19.0 Å². The maximum absolute atomic E-state index is 12.2. The SMILES string of the molecule is COC(=O)C1(CC#N)Cc2cc(C)ccc2N1C(C)=O. The van der Waals surface area contributed by atoms with E-state index < -0.39 is 11.5 Å². The maximum atomic E-state index is 12.2. The molecule has 0 radical (unpaired) electrons. The lowest BCUT2D eigenvalue weighted by molar-refractivity contribution is -0.148. The standard InChI is InChI=1S/C15H16N2O3/c1-10-4-5-13-12(8-10)9-15(6-7-16,14(19)20-3)17(13)11(2)18/h4-5,8H,6,9H2,1-3H3. The highest BCUT2D eigenvalue weighted by Gasteiger charge is 2.52. The molecule has 1 unspecified atom stereocenters. The summed E-state index contributed by atoms with van der Waals surface area (Å²) in [6, 6.07) is 7.64. The van der Waals surface area contributed by atoms with Crippen molar-refractivity contribution in [3.63, 3.8) is 0 Å². The van der Waals surface area contributed by atoms with Gasteiger partial charge < -0.3 is 4.74 Å². The van der Waals surface area contributed by atoms with E-state index >= 15 is 0 Å². The first-order chi connectivity index (χ1) is 9.46. The number of fused-ring (bicyclic) bond motifs is 1. The van der Waals surface area contributed by atoms with Gasteiger partial charge in [-0.15, -0.1) is 0 Å². The molecule has 104 valence electrons. The zero-order valence-electron chi connectivity index (χ0n) is 11.8. The predicted molar refractivity (Wildman–Crippen MR) is 73.0 cm³/mol. The number of esters is 1. The number of hydrogen-bond acceptors (Lipinski definition) is 4. The Bertz CT molecular complexity index is 618. The number of aryl methyl sites for hydroxylation is 1. The predicted octanol–water partition coefficient (Wildman–Crippen LogP) is 1.73. The van der Waals surface area contributed by atoms with Crippen LogP contribution in [0.4, 0.5) is 5.69 Å². The molecule has 1 aliphatic rings. The molecule has 1 atom stereocenters. The Kier molecular flexibility index (Phi) is 3.49. The molecule has 1 amide bonds. The van der Waals surface area contributed by atoms with Crippen LogP contribution in [0.2, 0.25) is 0 Å². The topological polar surface area (TPSA) is 70.4 Å². The average molecular weight is 272 g/mol. The van der Waals surface area contributed by atoms with Crippen molar-refractivity contribution in [1.82, 2.24) is 0 Å². The number of methoxy groups -OCH3 is 1. The summed E-state index contributed by atoms with van der Waals surface area (Å²) in [5, 5.41) is 9.07. The monoisotopic (exact) mass is 272 g/mol. The summed E-state index contributed by atoms with van der Waals surface area (Å²) < 4.78 is 4.85. The third-order valence-corrected chi connectivity index (χ3v) is 3.64. The number of carbonyl (C=O) groups excluding carboxylic acids is 2. The number of nitriles is 1. The van der Waals surface area contributed by atoms with Crippen LogP contribution < -0.4 is 4.90 Å². The van der Waals surface area contributed by atoms with Crippen molar-refractivity contribution in [2.45, 2.75) is 32.2 Å². The molecule has 0 aromatic heterocycles. The number of ether oxygens (including phenoxy) is 1. The van der Waals surface area contributed by atoms with Crippen molar-refractivity contribution >= 4 is 17.6 Å². The largest absolute Gasteiger partial charge is 0.467 e. The summed E-state index contributed by atoms with van der Waals surface area (Å²) >= 11 is 0. The zero-order valence-corrected chi connectivity index (χ0v) is 11.8. The first kappa shape index (κ1) is 14.1. The fourth-order valence-electron chi connectivity index (χ4n) is 2.87. The van der Waals surface area contributed by atoms with Gasteiger partial charge in [-0.25, -0.2) is 4.79 Å². The zero-order chi connectivity index (χ0) is 14.9. The van der Waals surface area contributed by atoms with Gasteiger partial charge in [-0.2, -0.15) is 5.26 Å². The van der Waals surface area contributed by atoms with Crippen LogP contribution in [0.5, 0.6) is 0 Å². The van der Waals surface area contributed by atoms with Crippen molar-refractivity contribution in [3.8, 4) is 6.07 Å². The highest BCUT2D eigenvalue weighted by molar-refractivity contribution is 6.04. The van der Waals surface area contributed by atoms with Crippen LogP contribution in [0.15, 0.2) is 18.2 Å². The quantitative estimate of drug-likeness (QED) is 0.769. The molecular weight excluding hydrogens is 256 g/mol. The molecular formula is C15H16N2O3. The molecule has 2 rings (SSSR count). The van der Waals surface area contributed by atoms with Crippen LogP contribution in [0.1, 0.15) is 24.5 Å². The number of hydrogen-bond donors (Lipinski definition) is 0. The molecule has 0 aliphatic carbocycles. The molecule has 1 aromatic carbocycles. The highest BCUT2D eigenvalue weighted by Crippen LogP contribution is 2.42. The number of benzene rings is 1. The lowest BCUT2D eigenvalue weighted by Gasteiger charge is -2.33. The Morgan fingerprint density at radius 1 is 1.50 bits per heavy atom. The summed E-state index contributed by atoms with van der Waals surface area (Å²) in [5.74, 6) is -0.823. The number of nitrogens with zero attached hydrogens (tertiary/aromatic N) is 2. The van der Waals surface area contributed by atoms with Crippen LogP contribution in [0.25, 0.3) is 0 Å². The van der Waals surface area contributed by atoms with E-state index in [2.05, 4.69) is 0 Å². The van der Waals surface area contributed by atoms with Crippen LogP contribution in [0, 0.1) is 18.3 Å². The van der Waals surface area contributed by atoms with Gasteiger partial charge in [-0.1, -0.05) is 17.7 Å². The molecule has 0 saturated heterocycles. The third kappa shape index (κ3) is 1.94. The minimum atomic E-state index is -1.24. The third-order valence-electron chi connectivity index (χ3n) is 3.64. The lowest BCUT2D eigenvalue weighted by atomic mass is 9.90. The Labute approximate surface area is 117 Å². The van der Waals surface area contributed by atoms with Gasteiger partial charge in [0.1, 0.15) is 0 Å². The van der Waals surface area contributed by atoms with Gasteiger partial charge in [0.2, 0.25) is 5.91 Å². The van der Waals surface area contributed by atoms with Crippen LogP contribution in [-0.2, 0) is 20.7 Å². The molecule has 0 saturated carbocycles. The number of anilines is 1. The first-order valence-electron chi connectivity index (χ1n) is 6.32. The van der Waals surface area contributed by atoms with Gasteiger partial charge >= 0.3 is 5.97 Å². The molecule has 0 N–H and O–H groups in total. The number of rotatable bonds is 2. The second-order valence-corrected chi connectivity index (χ2v) is 5.02. The maximum Gasteiger partial charge on any atom is 0.333 e. The average Bonchev–Trinajstić information content (AvgIpc) is 2.72.